The van der Waals surface area contributed by atoms with Crippen molar-refractivity contribution in [3.63, 3.8) is 0 Å². The first-order valence-corrected chi connectivity index (χ1v) is 11.1. The fraction of sp³-hybridized carbons (Fsp3) is 0.391. The number of thiazole rings is 1. The van der Waals surface area contributed by atoms with Gasteiger partial charge >= 0.3 is 0 Å². The third-order valence-corrected chi connectivity index (χ3v) is 6.01. The Morgan fingerprint density at radius 2 is 1.97 bits per heavy atom. The summed E-state index contributed by atoms with van der Waals surface area (Å²) in [6, 6.07) is 13.4. The van der Waals surface area contributed by atoms with Gasteiger partial charge in [0, 0.05) is 6.61 Å². The monoisotopic (exact) mass is 426 g/mol. The van der Waals surface area contributed by atoms with Gasteiger partial charge in [0.05, 0.1) is 29.5 Å². The lowest BCUT2D eigenvalue weighted by Crippen LogP contribution is -2.40. The third-order valence-electron chi connectivity index (χ3n) is 4.97. The lowest BCUT2D eigenvalue weighted by molar-refractivity contribution is -0.120. The summed E-state index contributed by atoms with van der Waals surface area (Å²) in [5, 5.41) is 0.686. The molecule has 1 amide bonds. The van der Waals surface area contributed by atoms with E-state index in [2.05, 4.69) is 13.0 Å². The van der Waals surface area contributed by atoms with Gasteiger partial charge < -0.3 is 14.2 Å². The number of amides is 1. The van der Waals surface area contributed by atoms with Crippen molar-refractivity contribution in [3.05, 3.63) is 48.0 Å². The topological polar surface area (TPSA) is 60.9 Å². The van der Waals surface area contributed by atoms with Crippen LogP contribution >= 0.6 is 11.3 Å². The minimum absolute atomic E-state index is 0.0353. The first kappa shape index (κ1) is 20.6. The molecule has 7 heteroatoms. The Kier molecular flexibility index (Phi) is 6.50. The Morgan fingerprint density at radius 3 is 2.67 bits per heavy atom. The Hall–Kier alpha value is -2.64. The number of aryl methyl sites for hydroxylation is 1. The Bertz CT molecular complexity index is 996. The molecule has 3 aromatic rings. The van der Waals surface area contributed by atoms with Gasteiger partial charge in [-0.05, 0) is 68.7 Å². The highest BCUT2D eigenvalue weighted by atomic mass is 32.1. The maximum atomic E-state index is 13.1. The molecular weight excluding hydrogens is 400 g/mol. The van der Waals surface area contributed by atoms with Gasteiger partial charge in [0.25, 0.3) is 5.91 Å². The average Bonchev–Trinajstić information content (AvgIpc) is 3.40. The SMILES string of the molecule is CCOc1ccc(OCC(=O)N(CC2CCCO2)c2nc3ccc(C)cc3s2)cc1. The molecule has 0 saturated carbocycles. The van der Waals surface area contributed by atoms with Crippen molar-refractivity contribution in [2.45, 2.75) is 32.8 Å². The smallest absolute Gasteiger partial charge is 0.266 e. The van der Waals surface area contributed by atoms with Crippen LogP contribution in [-0.2, 0) is 9.53 Å². The zero-order chi connectivity index (χ0) is 20.9. The summed E-state index contributed by atoms with van der Waals surface area (Å²) < 4.78 is 18.0. The standard InChI is InChI=1S/C23H26N2O4S/c1-3-27-17-7-9-18(10-8-17)29-15-22(26)25(14-19-5-4-12-28-19)23-24-20-11-6-16(2)13-21(20)30-23/h6-11,13,19H,3-5,12,14-15H2,1-2H3. The number of nitrogens with zero attached hydrogens (tertiary/aromatic N) is 2. The molecule has 1 aliphatic rings. The molecule has 1 saturated heterocycles. The second kappa shape index (κ2) is 9.45. The van der Waals surface area contributed by atoms with Crippen molar-refractivity contribution < 1.29 is 19.0 Å². The van der Waals surface area contributed by atoms with Crippen molar-refractivity contribution in [1.29, 1.82) is 0 Å². The van der Waals surface area contributed by atoms with Crippen molar-refractivity contribution in [2.24, 2.45) is 0 Å². The molecule has 0 spiro atoms. The number of aromatic nitrogens is 1. The average molecular weight is 427 g/mol. The molecule has 0 N–H and O–H groups in total. The molecule has 158 valence electrons. The van der Waals surface area contributed by atoms with Crippen LogP contribution in [0.15, 0.2) is 42.5 Å². The first-order chi connectivity index (χ1) is 14.6. The first-order valence-electron chi connectivity index (χ1n) is 10.3. The predicted octanol–water partition coefficient (Wildman–Crippen LogP) is 4.59. The van der Waals surface area contributed by atoms with Gasteiger partial charge in [0.1, 0.15) is 11.5 Å². The zero-order valence-electron chi connectivity index (χ0n) is 17.3. The van der Waals surface area contributed by atoms with E-state index in [0.717, 1.165) is 35.4 Å². The Morgan fingerprint density at radius 1 is 1.20 bits per heavy atom. The van der Waals surface area contributed by atoms with Crippen LogP contribution in [0.5, 0.6) is 11.5 Å². The highest BCUT2D eigenvalue weighted by Gasteiger charge is 2.26. The minimum Gasteiger partial charge on any atom is -0.494 e. The summed E-state index contributed by atoms with van der Waals surface area (Å²) in [6.07, 6.45) is 2.01. The van der Waals surface area contributed by atoms with Crippen LogP contribution in [0.25, 0.3) is 10.2 Å². The summed E-state index contributed by atoms with van der Waals surface area (Å²) in [6.45, 7) is 5.78. The van der Waals surface area contributed by atoms with Gasteiger partial charge in [-0.25, -0.2) is 4.98 Å². The molecular formula is C23H26N2O4S. The summed E-state index contributed by atoms with van der Waals surface area (Å²) >= 11 is 1.53. The molecule has 1 aliphatic heterocycles. The van der Waals surface area contributed by atoms with Crippen molar-refractivity contribution in [2.75, 3.05) is 31.3 Å². The maximum Gasteiger partial charge on any atom is 0.266 e. The maximum absolute atomic E-state index is 13.1. The number of ether oxygens (including phenoxy) is 3. The lowest BCUT2D eigenvalue weighted by atomic mass is 10.2. The highest BCUT2D eigenvalue weighted by Crippen LogP contribution is 2.31. The van der Waals surface area contributed by atoms with Gasteiger partial charge in [-0.2, -0.15) is 0 Å². The molecule has 4 rings (SSSR count). The number of hydrogen-bond donors (Lipinski definition) is 0. The van der Waals surface area contributed by atoms with E-state index < -0.39 is 0 Å². The molecule has 0 radical (unpaired) electrons. The quantitative estimate of drug-likeness (QED) is 0.527. The number of fused-ring (bicyclic) bond motifs is 1. The lowest BCUT2D eigenvalue weighted by Gasteiger charge is -2.23. The van der Waals surface area contributed by atoms with Gasteiger partial charge in [0.2, 0.25) is 0 Å². The van der Waals surface area contributed by atoms with Crippen LogP contribution in [-0.4, -0.2) is 43.4 Å². The van der Waals surface area contributed by atoms with Crippen LogP contribution in [0.2, 0.25) is 0 Å². The van der Waals surface area contributed by atoms with Gasteiger partial charge in [-0.15, -0.1) is 0 Å². The number of hydrogen-bond acceptors (Lipinski definition) is 6. The van der Waals surface area contributed by atoms with E-state index in [9.17, 15) is 4.79 Å². The van der Waals surface area contributed by atoms with Crippen LogP contribution in [0, 0.1) is 6.92 Å². The molecule has 2 heterocycles. The summed E-state index contributed by atoms with van der Waals surface area (Å²) in [5.74, 6) is 1.28. The van der Waals surface area contributed by atoms with Crippen molar-refractivity contribution in [3.8, 4) is 11.5 Å². The molecule has 1 aromatic heterocycles. The van der Waals surface area contributed by atoms with Gasteiger partial charge in [0.15, 0.2) is 11.7 Å². The second-order valence-electron chi connectivity index (χ2n) is 7.30. The Balaban J connectivity index is 1.49. The summed E-state index contributed by atoms with van der Waals surface area (Å²) in [5.41, 5.74) is 2.08. The molecule has 2 aromatic carbocycles. The van der Waals surface area contributed by atoms with Crippen LogP contribution in [0.3, 0.4) is 0 Å². The predicted molar refractivity (Wildman–Crippen MR) is 119 cm³/mol. The molecule has 1 atom stereocenters. The second-order valence-corrected chi connectivity index (χ2v) is 8.31. The van der Waals surface area contributed by atoms with E-state index in [0.29, 0.717) is 24.0 Å². The molecule has 1 unspecified atom stereocenters. The van der Waals surface area contributed by atoms with E-state index in [1.807, 2.05) is 43.3 Å². The highest BCUT2D eigenvalue weighted by molar-refractivity contribution is 7.22. The molecule has 6 nitrogen and oxygen atoms in total. The van der Waals surface area contributed by atoms with E-state index in [4.69, 9.17) is 19.2 Å². The zero-order valence-corrected chi connectivity index (χ0v) is 18.1. The number of carbonyl (C=O) groups excluding carboxylic acids is 1. The van der Waals surface area contributed by atoms with Crippen molar-refractivity contribution >= 4 is 32.6 Å². The number of carbonyl (C=O) groups is 1. The fourth-order valence-electron chi connectivity index (χ4n) is 3.44. The van der Waals surface area contributed by atoms with Crippen molar-refractivity contribution in [1.82, 2.24) is 4.98 Å². The molecule has 30 heavy (non-hydrogen) atoms. The number of anilines is 1. The summed E-state index contributed by atoms with van der Waals surface area (Å²) in [7, 11) is 0. The molecule has 1 fully saturated rings. The van der Waals surface area contributed by atoms with Crippen LogP contribution in [0.4, 0.5) is 5.13 Å². The largest absolute Gasteiger partial charge is 0.494 e. The minimum atomic E-state index is -0.129. The summed E-state index contributed by atoms with van der Waals surface area (Å²) in [4.78, 5) is 19.5. The van der Waals surface area contributed by atoms with E-state index in [1.165, 1.54) is 16.9 Å². The van der Waals surface area contributed by atoms with E-state index >= 15 is 0 Å². The van der Waals surface area contributed by atoms with Gasteiger partial charge in [-0.1, -0.05) is 17.4 Å². The number of benzene rings is 2. The molecule has 0 aliphatic carbocycles. The number of rotatable bonds is 8. The Labute approximate surface area is 180 Å². The van der Waals surface area contributed by atoms with Crippen LogP contribution < -0.4 is 14.4 Å². The normalized spacial score (nSPS) is 16.0. The fourth-order valence-corrected chi connectivity index (χ4v) is 4.53. The third kappa shape index (κ3) is 4.91. The van der Waals surface area contributed by atoms with E-state index in [1.54, 1.807) is 4.90 Å². The molecule has 0 bridgehead atoms. The van der Waals surface area contributed by atoms with Crippen LogP contribution in [0.1, 0.15) is 25.3 Å². The van der Waals surface area contributed by atoms with E-state index in [-0.39, 0.29) is 18.6 Å². The van der Waals surface area contributed by atoms with Gasteiger partial charge in [-0.3, -0.25) is 9.69 Å².